The summed E-state index contributed by atoms with van der Waals surface area (Å²) < 4.78 is 67.4. The Hall–Kier alpha value is -4.24. The van der Waals surface area contributed by atoms with E-state index < -0.39 is 39.7 Å². The molecule has 0 aromatic heterocycles. The Bertz CT molecular complexity index is 1990. The molecule has 0 saturated heterocycles. The fourth-order valence-corrected chi connectivity index (χ4v) is 6.40. The molecule has 21 heteroatoms. The number of hydrogen-bond donors (Lipinski definition) is 1. The van der Waals surface area contributed by atoms with Crippen LogP contribution in [-0.2, 0) is 61.2 Å². The first-order valence-corrected chi connectivity index (χ1v) is 21.7. The van der Waals surface area contributed by atoms with Crippen molar-refractivity contribution in [1.82, 2.24) is 5.32 Å². The third-order valence-electron chi connectivity index (χ3n) is 8.69. The molecule has 2 heterocycles. The molecule has 3 aromatic carbocycles. The molecular formula is C43H54N2NaO17P. The van der Waals surface area contributed by atoms with Gasteiger partial charge in [-0.15, -0.1) is 0 Å². The van der Waals surface area contributed by atoms with Crippen molar-refractivity contribution in [3.8, 4) is 28.4 Å². The van der Waals surface area contributed by atoms with Crippen LogP contribution in [0.5, 0.6) is 17.2 Å². The van der Waals surface area contributed by atoms with Gasteiger partial charge in [0.1, 0.15) is 37.9 Å². The topological polar surface area (TPSA) is 234 Å². The van der Waals surface area contributed by atoms with Crippen LogP contribution >= 0.6 is 7.82 Å². The number of aryl methyl sites for hydroxylation is 1. The minimum Gasteiger partial charge on any atom is -0.756 e. The largest absolute Gasteiger partial charge is 1.00 e. The number of fused-ring (bicyclic) bond motifs is 2. The van der Waals surface area contributed by atoms with Gasteiger partial charge >= 0.3 is 29.6 Å². The van der Waals surface area contributed by atoms with E-state index >= 15 is 0 Å². The van der Waals surface area contributed by atoms with Crippen molar-refractivity contribution in [2.75, 3.05) is 85.8 Å². The van der Waals surface area contributed by atoms with E-state index in [1.54, 1.807) is 0 Å². The third-order valence-corrected chi connectivity index (χ3v) is 9.66. The summed E-state index contributed by atoms with van der Waals surface area (Å²) in [6.45, 7) is 6.85. The van der Waals surface area contributed by atoms with Crippen LogP contribution in [0, 0.1) is 6.92 Å². The molecule has 344 valence electrons. The first kappa shape index (κ1) is 54.1. The summed E-state index contributed by atoms with van der Waals surface area (Å²) in [6.07, 6.45) is -0.432. The van der Waals surface area contributed by atoms with Crippen molar-refractivity contribution in [3.05, 3.63) is 71.8 Å². The van der Waals surface area contributed by atoms with Crippen molar-refractivity contribution in [2.24, 2.45) is 4.99 Å². The quantitative estimate of drug-likeness (QED) is 0.0444. The van der Waals surface area contributed by atoms with Crippen LogP contribution < -0.4 is 54.0 Å². The van der Waals surface area contributed by atoms with Gasteiger partial charge in [0.2, 0.25) is 12.2 Å². The van der Waals surface area contributed by atoms with Crippen molar-refractivity contribution in [3.63, 3.8) is 0 Å². The summed E-state index contributed by atoms with van der Waals surface area (Å²) in [6, 6.07) is 20.5. The van der Waals surface area contributed by atoms with E-state index in [9.17, 15) is 28.6 Å². The summed E-state index contributed by atoms with van der Waals surface area (Å²) in [5, 5.41) is 2.37. The number of phosphoric acid groups is 1. The number of hydrogen-bond acceptors (Lipinski definition) is 18. The molecule has 2 aliphatic rings. The number of amides is 1. The predicted molar refractivity (Wildman–Crippen MR) is 224 cm³/mol. The molecule has 0 spiro atoms. The number of nitrogens with zero attached hydrogens (tertiary/aromatic N) is 1. The molecule has 0 fully saturated rings. The number of Topliss-reactive ketones (excluding diaryl/α,β-unsaturated/α-hetero) is 1. The van der Waals surface area contributed by atoms with Crippen LogP contribution in [0.2, 0.25) is 0 Å². The summed E-state index contributed by atoms with van der Waals surface area (Å²) >= 11 is 0. The maximum absolute atomic E-state index is 11.7. The molecule has 3 atom stereocenters. The summed E-state index contributed by atoms with van der Waals surface area (Å²) in [7, 11) is -4.75. The fraction of sp³-hybridized carbons (Fsp3) is 0.465. The van der Waals surface area contributed by atoms with Crippen LogP contribution in [-0.4, -0.2) is 129 Å². The Morgan fingerprint density at radius 1 is 0.828 bits per heavy atom. The van der Waals surface area contributed by atoms with Crippen molar-refractivity contribution in [1.29, 1.82) is 0 Å². The van der Waals surface area contributed by atoms with Gasteiger partial charge in [-0.1, -0.05) is 36.4 Å². The number of benzene rings is 3. The summed E-state index contributed by atoms with van der Waals surface area (Å²) in [5.41, 5.74) is 6.30. The molecule has 0 bridgehead atoms. The Kier molecular flexibility index (Phi) is 25.4. The molecular weight excluding hydrogens is 870 g/mol. The van der Waals surface area contributed by atoms with E-state index in [2.05, 4.69) is 67.2 Å². The molecule has 3 unspecified atom stereocenters. The predicted octanol–water partition coefficient (Wildman–Crippen LogP) is 1.05. The van der Waals surface area contributed by atoms with Crippen LogP contribution in [0.3, 0.4) is 0 Å². The van der Waals surface area contributed by atoms with Crippen LogP contribution in [0.15, 0.2) is 65.7 Å². The van der Waals surface area contributed by atoms with Gasteiger partial charge in [0.15, 0.2) is 23.4 Å². The molecule has 5 rings (SSSR count). The Morgan fingerprint density at radius 3 is 2.27 bits per heavy atom. The maximum Gasteiger partial charge on any atom is 1.00 e. The molecule has 0 saturated carbocycles. The van der Waals surface area contributed by atoms with Crippen LogP contribution in [0.1, 0.15) is 37.8 Å². The number of ether oxygens (including phenoxy) is 9. The van der Waals surface area contributed by atoms with Crippen molar-refractivity contribution >= 4 is 43.9 Å². The van der Waals surface area contributed by atoms with E-state index in [0.717, 1.165) is 45.3 Å². The molecule has 19 nitrogen and oxygen atoms in total. The summed E-state index contributed by atoms with van der Waals surface area (Å²) in [5.74, 6) is 1.84. The van der Waals surface area contributed by atoms with Crippen LogP contribution in [0.25, 0.3) is 11.1 Å². The third kappa shape index (κ3) is 20.3. The number of carbonyl (C=O) groups excluding carboxylic acids is 4. The second-order valence-corrected chi connectivity index (χ2v) is 15.0. The van der Waals surface area contributed by atoms with Crippen LogP contribution in [0.4, 0.5) is 5.69 Å². The molecule has 64 heavy (non-hydrogen) atoms. The van der Waals surface area contributed by atoms with E-state index in [4.69, 9.17) is 38.2 Å². The number of phosphoric ester groups is 1. The van der Waals surface area contributed by atoms with Gasteiger partial charge in [0.05, 0.1) is 45.4 Å². The van der Waals surface area contributed by atoms with E-state index in [1.807, 2.05) is 38.1 Å². The zero-order valence-electron chi connectivity index (χ0n) is 36.5. The zero-order valence-corrected chi connectivity index (χ0v) is 39.4. The SMILES string of the molecule is CCOCCOCCCC(=O)COCCOCC(=O)NCCOP(=O)([O-])OCC(COC=O)OC=O.Cc1ccc2c(c1)N=C(c1ccc(-c3ccc4c(c3)OC(C)O4)cc1)CO2.[Na+]. The van der Waals surface area contributed by atoms with Gasteiger partial charge in [-0.3, -0.25) is 23.7 Å². The summed E-state index contributed by atoms with van der Waals surface area (Å²) in [4.78, 5) is 60.2. The zero-order chi connectivity index (χ0) is 45.3. The number of aliphatic imine (C=N–C) groups is 1. The van der Waals surface area contributed by atoms with E-state index in [0.29, 0.717) is 45.9 Å². The fourth-order valence-electron chi connectivity index (χ4n) is 5.66. The number of ketones is 1. The second kappa shape index (κ2) is 30.1. The van der Waals surface area contributed by atoms with Gasteiger partial charge in [0, 0.05) is 33.1 Å². The van der Waals surface area contributed by atoms with Crippen molar-refractivity contribution in [2.45, 2.75) is 46.0 Å². The standard InChI is InChI=1S/C23H19NO3.C20H36NO14P.Na/c1-14-3-9-21-19(11-14)24-20(13-25-21)17-6-4-16(5-7-17)18-8-10-22-23(12-18)27-15(2)26-22;1-2-28-8-9-29-6-3-4-18(24)12-30-10-11-31-15-20(25)21-5-7-34-36(26,27)35-14-19(33-17-23)13-32-16-22;/h3-12,15H,13H2,1-2H3;16-17,19H,2-15H2,1H3,(H,21,25)(H,26,27);/q;;+1/p-1. The molecule has 1 N–H and O–H groups in total. The number of rotatable bonds is 29. The monoisotopic (exact) mass is 924 g/mol. The van der Waals surface area contributed by atoms with E-state index in [-0.39, 0.29) is 87.5 Å². The Morgan fingerprint density at radius 2 is 1.52 bits per heavy atom. The molecule has 2 aliphatic heterocycles. The first-order chi connectivity index (χ1) is 30.5. The molecule has 3 aromatic rings. The minimum absolute atomic E-state index is 0. The Balaban J connectivity index is 0.000000344. The second-order valence-electron chi connectivity index (χ2n) is 13.6. The van der Waals surface area contributed by atoms with Gasteiger partial charge in [-0.05, 0) is 66.8 Å². The molecule has 0 radical (unpaired) electrons. The van der Waals surface area contributed by atoms with Gasteiger partial charge < -0.3 is 61.9 Å². The Labute approximate surface area is 394 Å². The average Bonchev–Trinajstić information content (AvgIpc) is 3.66. The number of carbonyl (C=O) groups is 4. The molecule has 0 aliphatic carbocycles. The number of nitrogens with one attached hydrogen (secondary N) is 1. The van der Waals surface area contributed by atoms with Gasteiger partial charge in [0.25, 0.3) is 20.8 Å². The molecule has 1 amide bonds. The van der Waals surface area contributed by atoms with Crippen molar-refractivity contribution < 1.29 is 110 Å². The van der Waals surface area contributed by atoms with Gasteiger partial charge in [-0.25, -0.2) is 4.99 Å². The minimum atomic E-state index is -4.75. The first-order valence-electron chi connectivity index (χ1n) is 20.2. The average molecular weight is 925 g/mol. The van der Waals surface area contributed by atoms with E-state index in [1.165, 1.54) is 5.56 Å². The maximum atomic E-state index is 11.7. The smallest absolute Gasteiger partial charge is 0.756 e. The normalized spacial score (nSPS) is 14.8. The van der Waals surface area contributed by atoms with Gasteiger partial charge in [-0.2, -0.15) is 0 Å².